The van der Waals surface area contributed by atoms with Crippen LogP contribution in [0.5, 0.6) is 0 Å². The minimum absolute atomic E-state index is 0.271. The quantitative estimate of drug-likeness (QED) is 0.876. The molecule has 0 aliphatic heterocycles. The van der Waals surface area contributed by atoms with Gasteiger partial charge in [-0.15, -0.1) is 0 Å². The van der Waals surface area contributed by atoms with Gasteiger partial charge in [0.05, 0.1) is 21.8 Å². The minimum Gasteiger partial charge on any atom is -0.322 e. The summed E-state index contributed by atoms with van der Waals surface area (Å²) in [6.45, 7) is 0. The van der Waals surface area contributed by atoms with Crippen molar-refractivity contribution in [2.75, 3.05) is 5.32 Å². The lowest BCUT2D eigenvalue weighted by molar-refractivity contribution is -0.117. The molecule has 2 aromatic carbocycles. The molecule has 0 aromatic heterocycles. The van der Waals surface area contributed by atoms with Crippen LogP contribution in [0.2, 0.25) is 15.1 Å². The van der Waals surface area contributed by atoms with Crippen LogP contribution in [0.25, 0.3) is 0 Å². The zero-order valence-corrected chi connectivity index (χ0v) is 13.2. The van der Waals surface area contributed by atoms with Gasteiger partial charge in [-0.3, -0.25) is 4.79 Å². The maximum atomic E-state index is 12.1. The zero-order valence-electron chi connectivity index (χ0n) is 10.9. The highest BCUT2D eigenvalue weighted by Crippen LogP contribution is 2.33. The summed E-state index contributed by atoms with van der Waals surface area (Å²) in [6.07, 6.45) is 0.426. The van der Waals surface area contributed by atoms with Crippen LogP contribution in [-0.2, 0) is 11.2 Å². The molecule has 1 amide bonds. The van der Waals surface area contributed by atoms with Gasteiger partial charge in [0.1, 0.15) is 0 Å². The van der Waals surface area contributed by atoms with Gasteiger partial charge in [0, 0.05) is 5.02 Å². The second-order valence-corrected chi connectivity index (χ2v) is 5.78. The van der Waals surface area contributed by atoms with Crippen molar-refractivity contribution in [3.8, 4) is 0 Å². The first-order chi connectivity index (χ1) is 9.97. The Bertz CT molecular complexity index is 624. The third kappa shape index (κ3) is 4.35. The highest BCUT2D eigenvalue weighted by molar-refractivity contribution is 6.42. The number of hydrogen-bond donors (Lipinski definition) is 2. The fourth-order valence-electron chi connectivity index (χ4n) is 1.84. The van der Waals surface area contributed by atoms with Crippen LogP contribution in [-0.4, -0.2) is 11.9 Å². The van der Waals surface area contributed by atoms with E-state index in [1.807, 2.05) is 30.3 Å². The molecule has 3 nitrogen and oxygen atoms in total. The first-order valence-corrected chi connectivity index (χ1v) is 7.35. The van der Waals surface area contributed by atoms with Crippen LogP contribution in [0, 0.1) is 0 Å². The Morgan fingerprint density at radius 1 is 1.10 bits per heavy atom. The Balaban J connectivity index is 2.08. The van der Waals surface area contributed by atoms with E-state index in [4.69, 9.17) is 40.5 Å². The summed E-state index contributed by atoms with van der Waals surface area (Å²) >= 11 is 17.9. The molecular weight excluding hydrogens is 331 g/mol. The molecule has 0 aliphatic carbocycles. The molecule has 6 heteroatoms. The summed E-state index contributed by atoms with van der Waals surface area (Å²) in [5, 5.41) is 3.58. The lowest BCUT2D eigenvalue weighted by atomic mass is 10.1. The van der Waals surface area contributed by atoms with Crippen LogP contribution in [0.4, 0.5) is 5.69 Å². The van der Waals surface area contributed by atoms with Crippen molar-refractivity contribution in [3.05, 3.63) is 63.1 Å². The van der Waals surface area contributed by atoms with Crippen LogP contribution < -0.4 is 11.1 Å². The number of halogens is 3. The number of hydrogen-bond acceptors (Lipinski definition) is 2. The van der Waals surface area contributed by atoms with E-state index < -0.39 is 6.04 Å². The minimum atomic E-state index is -0.699. The van der Waals surface area contributed by atoms with Crippen molar-refractivity contribution in [2.45, 2.75) is 12.5 Å². The average molecular weight is 344 g/mol. The van der Waals surface area contributed by atoms with Gasteiger partial charge in [-0.25, -0.2) is 0 Å². The molecule has 0 saturated heterocycles. The van der Waals surface area contributed by atoms with Crippen molar-refractivity contribution in [1.82, 2.24) is 0 Å². The van der Waals surface area contributed by atoms with Crippen LogP contribution in [0.15, 0.2) is 42.5 Å². The molecule has 3 N–H and O–H groups in total. The Kier molecular flexibility index (Phi) is 5.48. The number of carbonyl (C=O) groups excluding carboxylic acids is 1. The van der Waals surface area contributed by atoms with E-state index in [1.165, 1.54) is 12.1 Å². The third-order valence-corrected chi connectivity index (χ3v) is 3.70. The average Bonchev–Trinajstić information content (AvgIpc) is 2.43. The van der Waals surface area contributed by atoms with Gasteiger partial charge in [-0.2, -0.15) is 0 Å². The monoisotopic (exact) mass is 342 g/mol. The van der Waals surface area contributed by atoms with E-state index in [0.29, 0.717) is 17.1 Å². The molecule has 0 heterocycles. The predicted molar refractivity (Wildman–Crippen MR) is 88.2 cm³/mol. The Labute approximate surface area is 138 Å². The Hall–Kier alpha value is -1.26. The molecule has 0 aliphatic rings. The van der Waals surface area contributed by atoms with Crippen molar-refractivity contribution < 1.29 is 4.79 Å². The van der Waals surface area contributed by atoms with Gasteiger partial charge in [0.2, 0.25) is 5.91 Å². The van der Waals surface area contributed by atoms with E-state index >= 15 is 0 Å². The molecular formula is C15H13Cl3N2O. The number of carbonyl (C=O) groups is 1. The molecule has 2 aromatic rings. The van der Waals surface area contributed by atoms with E-state index in [2.05, 4.69) is 5.32 Å². The Morgan fingerprint density at radius 3 is 2.24 bits per heavy atom. The topological polar surface area (TPSA) is 55.1 Å². The largest absolute Gasteiger partial charge is 0.322 e. The molecule has 21 heavy (non-hydrogen) atoms. The van der Waals surface area contributed by atoms with E-state index in [-0.39, 0.29) is 16.0 Å². The number of nitrogens with two attached hydrogens (primary N) is 1. The summed E-state index contributed by atoms with van der Waals surface area (Å²) in [6, 6.07) is 11.8. The lowest BCUT2D eigenvalue weighted by Crippen LogP contribution is -2.37. The third-order valence-electron chi connectivity index (χ3n) is 2.89. The molecule has 0 unspecified atom stereocenters. The second-order valence-electron chi connectivity index (χ2n) is 4.53. The maximum Gasteiger partial charge on any atom is 0.241 e. The molecule has 0 bridgehead atoms. The van der Waals surface area contributed by atoms with Crippen molar-refractivity contribution in [2.24, 2.45) is 5.73 Å². The fourth-order valence-corrected chi connectivity index (χ4v) is 2.75. The molecule has 2 rings (SSSR count). The number of anilines is 1. The van der Waals surface area contributed by atoms with E-state index in [9.17, 15) is 4.79 Å². The fraction of sp³-hybridized carbons (Fsp3) is 0.133. The number of nitrogens with one attached hydrogen (secondary N) is 1. The van der Waals surface area contributed by atoms with Gasteiger partial charge in [0.25, 0.3) is 0 Å². The van der Waals surface area contributed by atoms with Gasteiger partial charge in [0.15, 0.2) is 0 Å². The molecule has 110 valence electrons. The van der Waals surface area contributed by atoms with Gasteiger partial charge in [-0.1, -0.05) is 65.1 Å². The first-order valence-electron chi connectivity index (χ1n) is 6.22. The van der Waals surface area contributed by atoms with Gasteiger partial charge >= 0.3 is 0 Å². The first kappa shape index (κ1) is 16.1. The van der Waals surface area contributed by atoms with E-state index in [1.54, 1.807) is 0 Å². The summed E-state index contributed by atoms with van der Waals surface area (Å²) < 4.78 is 0. The molecule has 0 fully saturated rings. The smallest absolute Gasteiger partial charge is 0.241 e. The number of rotatable bonds is 4. The molecule has 1 atom stereocenters. The SMILES string of the molecule is N[C@@H](Cc1ccccc1)C(=O)Nc1c(Cl)cc(Cl)cc1Cl. The summed E-state index contributed by atoms with van der Waals surface area (Å²) in [5.74, 6) is -0.357. The molecule has 0 radical (unpaired) electrons. The molecule has 0 spiro atoms. The highest BCUT2D eigenvalue weighted by atomic mass is 35.5. The summed E-state index contributed by atoms with van der Waals surface area (Å²) in [7, 11) is 0. The van der Waals surface area contributed by atoms with Gasteiger partial charge < -0.3 is 11.1 Å². The van der Waals surface area contributed by atoms with Crippen molar-refractivity contribution in [3.63, 3.8) is 0 Å². The standard InChI is InChI=1S/C15H13Cl3N2O/c16-10-7-11(17)14(12(18)8-10)20-15(21)13(19)6-9-4-2-1-3-5-9/h1-5,7-8,13H,6,19H2,(H,20,21)/t13-/m0/s1. The normalized spacial score (nSPS) is 12.0. The second kappa shape index (κ2) is 7.14. The van der Waals surface area contributed by atoms with Gasteiger partial charge in [-0.05, 0) is 24.1 Å². The summed E-state index contributed by atoms with van der Waals surface area (Å²) in [5.41, 5.74) is 7.20. The van der Waals surface area contributed by atoms with Crippen molar-refractivity contribution in [1.29, 1.82) is 0 Å². The lowest BCUT2D eigenvalue weighted by Gasteiger charge is -2.14. The van der Waals surface area contributed by atoms with Crippen LogP contribution >= 0.6 is 34.8 Å². The predicted octanol–water partition coefficient (Wildman–Crippen LogP) is 4.16. The van der Waals surface area contributed by atoms with Crippen LogP contribution in [0.1, 0.15) is 5.56 Å². The molecule has 0 saturated carbocycles. The maximum absolute atomic E-state index is 12.1. The Morgan fingerprint density at radius 2 is 1.67 bits per heavy atom. The van der Waals surface area contributed by atoms with Crippen LogP contribution in [0.3, 0.4) is 0 Å². The van der Waals surface area contributed by atoms with E-state index in [0.717, 1.165) is 5.56 Å². The summed E-state index contributed by atoms with van der Waals surface area (Å²) in [4.78, 5) is 12.1. The number of amides is 1. The van der Waals surface area contributed by atoms with Crippen molar-refractivity contribution >= 4 is 46.4 Å². The zero-order chi connectivity index (χ0) is 15.4. The number of benzene rings is 2. The highest BCUT2D eigenvalue weighted by Gasteiger charge is 2.17.